The molecule has 1 heterocycles. The molecule has 0 aromatic carbocycles. The van der Waals surface area contributed by atoms with Crippen LogP contribution in [0.5, 0.6) is 0 Å². The van der Waals surface area contributed by atoms with E-state index in [1.54, 1.807) is 7.11 Å². The molecule has 1 aliphatic heterocycles. The molecule has 2 fully saturated rings. The number of hydrogen-bond acceptors (Lipinski definition) is 3. The Bertz CT molecular complexity index is 306. The summed E-state index contributed by atoms with van der Waals surface area (Å²) in [6.45, 7) is 2.30. The third-order valence-corrected chi connectivity index (χ3v) is 4.94. The van der Waals surface area contributed by atoms with E-state index in [1.807, 2.05) is 4.90 Å². The van der Waals surface area contributed by atoms with Crippen LogP contribution in [-0.2, 0) is 9.53 Å². The average Bonchev–Trinajstić information content (AvgIpc) is 2.48. The molecule has 2 N–H and O–H groups in total. The first kappa shape index (κ1) is 17.7. The number of piperidine rings is 1. The van der Waals surface area contributed by atoms with Gasteiger partial charge in [-0.15, -0.1) is 12.4 Å². The van der Waals surface area contributed by atoms with E-state index in [4.69, 9.17) is 10.5 Å². The lowest BCUT2D eigenvalue weighted by atomic mass is 9.71. The van der Waals surface area contributed by atoms with E-state index in [2.05, 4.69) is 0 Å². The SMILES string of the molecule is COC1CCCN(C(=O)CC2(CN)CCCCC2)C1.Cl. The van der Waals surface area contributed by atoms with Gasteiger partial charge in [0.25, 0.3) is 0 Å². The zero-order chi connectivity index (χ0) is 13.7. The predicted molar refractivity (Wildman–Crippen MR) is 83.0 cm³/mol. The van der Waals surface area contributed by atoms with Gasteiger partial charge in [0.15, 0.2) is 0 Å². The first-order valence-corrected chi connectivity index (χ1v) is 7.70. The molecule has 1 atom stereocenters. The summed E-state index contributed by atoms with van der Waals surface area (Å²) in [5.41, 5.74) is 6.05. The molecule has 118 valence electrons. The topological polar surface area (TPSA) is 55.6 Å². The quantitative estimate of drug-likeness (QED) is 0.867. The fourth-order valence-corrected chi connectivity index (χ4v) is 3.54. The fourth-order valence-electron chi connectivity index (χ4n) is 3.54. The summed E-state index contributed by atoms with van der Waals surface area (Å²) in [4.78, 5) is 14.5. The van der Waals surface area contributed by atoms with Crippen LogP contribution in [0.4, 0.5) is 0 Å². The molecule has 4 nitrogen and oxygen atoms in total. The van der Waals surface area contributed by atoms with Crippen LogP contribution in [0.3, 0.4) is 0 Å². The molecule has 1 saturated carbocycles. The van der Waals surface area contributed by atoms with Crippen LogP contribution in [-0.4, -0.2) is 43.7 Å². The number of ether oxygens (including phenoxy) is 1. The molecule has 0 aromatic heterocycles. The molecule has 1 amide bonds. The fraction of sp³-hybridized carbons (Fsp3) is 0.933. The van der Waals surface area contributed by atoms with Crippen molar-refractivity contribution in [2.45, 2.75) is 57.5 Å². The monoisotopic (exact) mass is 304 g/mol. The molecule has 0 radical (unpaired) electrons. The van der Waals surface area contributed by atoms with Gasteiger partial charge in [-0.1, -0.05) is 19.3 Å². The maximum atomic E-state index is 12.5. The second-order valence-corrected chi connectivity index (χ2v) is 6.28. The number of amides is 1. The highest BCUT2D eigenvalue weighted by Gasteiger charge is 2.35. The van der Waals surface area contributed by atoms with Crippen LogP contribution >= 0.6 is 12.4 Å². The van der Waals surface area contributed by atoms with Crippen molar-refractivity contribution < 1.29 is 9.53 Å². The van der Waals surface area contributed by atoms with Crippen molar-refractivity contribution in [1.82, 2.24) is 4.90 Å². The van der Waals surface area contributed by atoms with Gasteiger partial charge in [-0.3, -0.25) is 4.79 Å². The Hall–Kier alpha value is -0.320. The summed E-state index contributed by atoms with van der Waals surface area (Å²) >= 11 is 0. The molecule has 1 saturated heterocycles. The molecule has 2 rings (SSSR count). The minimum Gasteiger partial charge on any atom is -0.380 e. The van der Waals surface area contributed by atoms with Gasteiger partial charge in [0.1, 0.15) is 0 Å². The van der Waals surface area contributed by atoms with E-state index in [-0.39, 0.29) is 29.8 Å². The summed E-state index contributed by atoms with van der Waals surface area (Å²) in [6.07, 6.45) is 8.98. The molecule has 0 spiro atoms. The Labute approximate surface area is 128 Å². The number of halogens is 1. The Balaban J connectivity index is 0.00000200. The highest BCUT2D eigenvalue weighted by Crippen LogP contribution is 2.39. The maximum absolute atomic E-state index is 12.5. The van der Waals surface area contributed by atoms with Gasteiger partial charge in [0, 0.05) is 26.6 Å². The summed E-state index contributed by atoms with van der Waals surface area (Å²) in [6, 6.07) is 0. The van der Waals surface area contributed by atoms with E-state index < -0.39 is 0 Å². The van der Waals surface area contributed by atoms with Crippen LogP contribution in [0.25, 0.3) is 0 Å². The van der Waals surface area contributed by atoms with Crippen molar-refractivity contribution in [3.05, 3.63) is 0 Å². The third-order valence-electron chi connectivity index (χ3n) is 4.94. The van der Waals surface area contributed by atoms with Crippen LogP contribution in [0.15, 0.2) is 0 Å². The number of nitrogens with zero attached hydrogens (tertiary/aromatic N) is 1. The Morgan fingerprint density at radius 2 is 2.00 bits per heavy atom. The highest BCUT2D eigenvalue weighted by atomic mass is 35.5. The van der Waals surface area contributed by atoms with Crippen molar-refractivity contribution in [1.29, 1.82) is 0 Å². The lowest BCUT2D eigenvalue weighted by molar-refractivity contribution is -0.137. The Morgan fingerprint density at radius 3 is 2.60 bits per heavy atom. The second-order valence-electron chi connectivity index (χ2n) is 6.28. The van der Waals surface area contributed by atoms with Crippen LogP contribution in [0.2, 0.25) is 0 Å². The van der Waals surface area contributed by atoms with Gasteiger partial charge < -0.3 is 15.4 Å². The molecular weight excluding hydrogens is 276 g/mol. The van der Waals surface area contributed by atoms with Crippen LogP contribution in [0.1, 0.15) is 51.4 Å². The largest absolute Gasteiger partial charge is 0.380 e. The van der Waals surface area contributed by atoms with Gasteiger partial charge in [0.2, 0.25) is 5.91 Å². The summed E-state index contributed by atoms with van der Waals surface area (Å²) < 4.78 is 5.39. The second kappa shape index (κ2) is 8.20. The van der Waals surface area contributed by atoms with Gasteiger partial charge in [-0.25, -0.2) is 0 Å². The Kier molecular flexibility index (Phi) is 7.27. The molecule has 1 unspecified atom stereocenters. The number of likely N-dealkylation sites (tertiary alicyclic amines) is 1. The van der Waals surface area contributed by atoms with Crippen LogP contribution in [0, 0.1) is 5.41 Å². The van der Waals surface area contributed by atoms with Gasteiger partial charge >= 0.3 is 0 Å². The third kappa shape index (κ3) is 4.34. The van der Waals surface area contributed by atoms with E-state index in [9.17, 15) is 4.79 Å². The molecule has 1 aliphatic carbocycles. The number of rotatable bonds is 4. The Morgan fingerprint density at radius 1 is 1.30 bits per heavy atom. The van der Waals surface area contributed by atoms with Crippen molar-refractivity contribution in [3.63, 3.8) is 0 Å². The standard InChI is InChI=1S/C15H28N2O2.ClH/c1-19-13-6-5-9-17(11-13)14(18)10-15(12-16)7-3-2-4-8-15;/h13H,2-12,16H2,1H3;1H. The van der Waals surface area contributed by atoms with Crippen molar-refractivity contribution in [2.24, 2.45) is 11.1 Å². The van der Waals surface area contributed by atoms with Gasteiger partial charge in [-0.2, -0.15) is 0 Å². The number of carbonyl (C=O) groups excluding carboxylic acids is 1. The predicted octanol–water partition coefficient (Wildman–Crippen LogP) is 2.34. The van der Waals surface area contributed by atoms with Crippen molar-refractivity contribution >= 4 is 18.3 Å². The van der Waals surface area contributed by atoms with E-state index >= 15 is 0 Å². The summed E-state index contributed by atoms with van der Waals surface area (Å²) in [5.74, 6) is 0.286. The van der Waals surface area contributed by atoms with Crippen molar-refractivity contribution in [2.75, 3.05) is 26.7 Å². The first-order valence-electron chi connectivity index (χ1n) is 7.70. The minimum absolute atomic E-state index is 0. The molecule has 5 heteroatoms. The molecule has 0 bridgehead atoms. The average molecular weight is 305 g/mol. The van der Waals surface area contributed by atoms with E-state index in [0.29, 0.717) is 13.0 Å². The first-order chi connectivity index (χ1) is 9.19. The number of hydrogen-bond donors (Lipinski definition) is 1. The summed E-state index contributed by atoms with van der Waals surface area (Å²) in [5, 5.41) is 0. The molecule has 20 heavy (non-hydrogen) atoms. The normalized spacial score (nSPS) is 25.9. The summed E-state index contributed by atoms with van der Waals surface area (Å²) in [7, 11) is 1.74. The molecule has 0 aromatic rings. The van der Waals surface area contributed by atoms with Gasteiger partial charge in [-0.05, 0) is 37.6 Å². The van der Waals surface area contributed by atoms with E-state index in [1.165, 1.54) is 19.3 Å². The molecule has 2 aliphatic rings. The highest BCUT2D eigenvalue weighted by molar-refractivity contribution is 5.85. The zero-order valence-electron chi connectivity index (χ0n) is 12.6. The van der Waals surface area contributed by atoms with Crippen molar-refractivity contribution in [3.8, 4) is 0 Å². The lowest BCUT2D eigenvalue weighted by Gasteiger charge is -2.39. The smallest absolute Gasteiger partial charge is 0.223 e. The van der Waals surface area contributed by atoms with Crippen LogP contribution < -0.4 is 5.73 Å². The zero-order valence-corrected chi connectivity index (χ0v) is 13.4. The maximum Gasteiger partial charge on any atom is 0.223 e. The lowest BCUT2D eigenvalue weighted by Crippen LogP contribution is -2.46. The number of nitrogens with two attached hydrogens (primary N) is 1. The molecular formula is C15H29ClN2O2. The van der Waals surface area contributed by atoms with Gasteiger partial charge in [0.05, 0.1) is 6.10 Å². The van der Waals surface area contributed by atoms with E-state index in [0.717, 1.165) is 38.8 Å². The number of methoxy groups -OCH3 is 1. The minimum atomic E-state index is 0. The number of carbonyl (C=O) groups is 1.